The molecule has 8 nitrogen and oxygen atoms in total. The van der Waals surface area contributed by atoms with Crippen LogP contribution in [0.15, 0.2) is 51.5 Å². The summed E-state index contributed by atoms with van der Waals surface area (Å²) in [6.45, 7) is 5.52. The van der Waals surface area contributed by atoms with Crippen LogP contribution in [0.25, 0.3) is 0 Å². The lowest BCUT2D eigenvalue weighted by Gasteiger charge is -2.25. The summed E-state index contributed by atoms with van der Waals surface area (Å²) in [4.78, 5) is 26.7. The lowest BCUT2D eigenvalue weighted by Crippen LogP contribution is -2.44. The largest absolute Gasteiger partial charge is 0.351 e. The van der Waals surface area contributed by atoms with Gasteiger partial charge in [0.05, 0.1) is 11.4 Å². The van der Waals surface area contributed by atoms with Gasteiger partial charge in [-0.3, -0.25) is 9.59 Å². The van der Waals surface area contributed by atoms with Crippen molar-refractivity contribution in [3.8, 4) is 0 Å². The van der Waals surface area contributed by atoms with Gasteiger partial charge in [0.2, 0.25) is 11.5 Å². The van der Waals surface area contributed by atoms with E-state index in [2.05, 4.69) is 15.6 Å². The van der Waals surface area contributed by atoms with E-state index < -0.39 is 0 Å². The van der Waals surface area contributed by atoms with Crippen molar-refractivity contribution in [1.29, 1.82) is 0 Å². The molecule has 0 aliphatic heterocycles. The van der Waals surface area contributed by atoms with Crippen LogP contribution in [0.1, 0.15) is 39.4 Å². The Hall–Kier alpha value is -3.42. The van der Waals surface area contributed by atoms with Crippen molar-refractivity contribution in [2.24, 2.45) is 0 Å². The van der Waals surface area contributed by atoms with Gasteiger partial charge in [0, 0.05) is 30.4 Å². The number of nitrogens with zero attached hydrogens (tertiary/aromatic N) is 3. The highest BCUT2D eigenvalue weighted by Crippen LogP contribution is 2.18. The maximum atomic E-state index is 12.9. The van der Waals surface area contributed by atoms with E-state index in [1.165, 1.54) is 4.90 Å². The van der Waals surface area contributed by atoms with Gasteiger partial charge in [0.15, 0.2) is 0 Å². The van der Waals surface area contributed by atoms with E-state index in [1.807, 2.05) is 30.3 Å². The number of hydrogen-bond acceptors (Lipinski definition) is 6. The fraction of sp³-hybridized carbons (Fsp3) is 0.263. The van der Waals surface area contributed by atoms with Crippen LogP contribution in [-0.4, -0.2) is 34.7 Å². The van der Waals surface area contributed by atoms with E-state index in [-0.39, 0.29) is 35.9 Å². The predicted molar refractivity (Wildman–Crippen MR) is 97.5 cm³/mol. The number of nitrogens with one attached hydrogen (secondary N) is 1. The SMILES string of the molecule is Cc1cc(C(=O)NC(C)CN(C(=O)c2cc(C)no2)c2ccccc2)on1. The van der Waals surface area contributed by atoms with E-state index in [4.69, 9.17) is 9.05 Å². The number of amides is 2. The van der Waals surface area contributed by atoms with Gasteiger partial charge in [-0.05, 0) is 32.9 Å². The van der Waals surface area contributed by atoms with Gasteiger partial charge in [-0.1, -0.05) is 28.5 Å². The number of rotatable bonds is 6. The molecule has 0 aliphatic rings. The lowest BCUT2D eigenvalue weighted by molar-refractivity contribution is 0.0891. The second kappa shape index (κ2) is 7.86. The number of aromatic nitrogens is 2. The Kier molecular flexibility index (Phi) is 5.35. The Morgan fingerprint density at radius 3 is 2.19 bits per heavy atom. The molecule has 0 spiro atoms. The third kappa shape index (κ3) is 4.41. The van der Waals surface area contributed by atoms with E-state index in [9.17, 15) is 9.59 Å². The topological polar surface area (TPSA) is 101 Å². The zero-order valence-electron chi connectivity index (χ0n) is 15.3. The lowest BCUT2D eigenvalue weighted by atomic mass is 10.2. The van der Waals surface area contributed by atoms with Gasteiger partial charge >= 0.3 is 0 Å². The van der Waals surface area contributed by atoms with Crippen molar-refractivity contribution in [2.45, 2.75) is 26.8 Å². The molecule has 2 heterocycles. The molecule has 0 bridgehead atoms. The van der Waals surface area contributed by atoms with Crippen LogP contribution in [0.4, 0.5) is 5.69 Å². The molecule has 0 saturated heterocycles. The molecular formula is C19H20N4O4. The van der Waals surface area contributed by atoms with Gasteiger partial charge in [-0.15, -0.1) is 0 Å². The second-order valence-corrected chi connectivity index (χ2v) is 6.29. The molecule has 1 aromatic carbocycles. The molecule has 3 rings (SSSR count). The molecule has 0 fully saturated rings. The number of para-hydroxylation sites is 1. The van der Waals surface area contributed by atoms with Crippen LogP contribution >= 0.6 is 0 Å². The first-order valence-electron chi connectivity index (χ1n) is 8.48. The summed E-state index contributed by atoms with van der Waals surface area (Å²) in [7, 11) is 0. The Balaban J connectivity index is 1.76. The molecule has 2 amide bonds. The number of carbonyl (C=O) groups is 2. The Morgan fingerprint density at radius 2 is 1.63 bits per heavy atom. The average molecular weight is 368 g/mol. The van der Waals surface area contributed by atoms with Crippen LogP contribution in [0.2, 0.25) is 0 Å². The fourth-order valence-corrected chi connectivity index (χ4v) is 2.60. The van der Waals surface area contributed by atoms with Crippen LogP contribution in [0, 0.1) is 13.8 Å². The van der Waals surface area contributed by atoms with Crippen LogP contribution in [-0.2, 0) is 0 Å². The van der Waals surface area contributed by atoms with Gasteiger partial charge in [0.25, 0.3) is 11.8 Å². The molecule has 27 heavy (non-hydrogen) atoms. The first kappa shape index (κ1) is 18.4. The van der Waals surface area contributed by atoms with Crippen LogP contribution in [0.5, 0.6) is 0 Å². The molecule has 1 unspecified atom stereocenters. The van der Waals surface area contributed by atoms with Crippen molar-refractivity contribution in [3.63, 3.8) is 0 Å². The monoisotopic (exact) mass is 368 g/mol. The Bertz CT molecular complexity index is 932. The first-order chi connectivity index (χ1) is 12.9. The van der Waals surface area contributed by atoms with Crippen LogP contribution < -0.4 is 10.2 Å². The van der Waals surface area contributed by atoms with Crippen molar-refractivity contribution in [1.82, 2.24) is 15.6 Å². The Labute approximate surface area is 156 Å². The molecule has 1 N–H and O–H groups in total. The summed E-state index contributed by atoms with van der Waals surface area (Å²) in [5, 5.41) is 10.3. The minimum absolute atomic E-state index is 0.128. The minimum atomic E-state index is -0.390. The second-order valence-electron chi connectivity index (χ2n) is 6.29. The molecule has 0 radical (unpaired) electrons. The van der Waals surface area contributed by atoms with Crippen molar-refractivity contribution in [2.75, 3.05) is 11.4 Å². The average Bonchev–Trinajstić information content (AvgIpc) is 3.28. The number of carbonyl (C=O) groups excluding carboxylic acids is 2. The molecule has 2 aromatic heterocycles. The first-order valence-corrected chi connectivity index (χ1v) is 8.48. The van der Waals surface area contributed by atoms with Gasteiger partial charge in [-0.2, -0.15) is 0 Å². The predicted octanol–water partition coefficient (Wildman–Crippen LogP) is 2.74. The highest BCUT2D eigenvalue weighted by atomic mass is 16.5. The maximum absolute atomic E-state index is 12.9. The quantitative estimate of drug-likeness (QED) is 0.718. The standard InChI is InChI=1S/C19H20N4O4/c1-12-9-16(26-21-12)18(24)20-14(3)11-23(15-7-5-4-6-8-15)19(25)17-10-13(2)22-27-17/h4-10,14H,11H2,1-3H3,(H,20,24). The summed E-state index contributed by atoms with van der Waals surface area (Å²) in [6, 6.07) is 11.9. The molecular weight excluding hydrogens is 348 g/mol. The van der Waals surface area contributed by atoms with E-state index in [0.717, 1.165) is 0 Å². The highest BCUT2D eigenvalue weighted by molar-refractivity contribution is 6.04. The van der Waals surface area contributed by atoms with Crippen molar-refractivity contribution < 1.29 is 18.6 Å². The number of hydrogen-bond donors (Lipinski definition) is 1. The summed E-state index contributed by atoms with van der Waals surface area (Å²) in [5.74, 6) is -0.457. The van der Waals surface area contributed by atoms with E-state index in [1.54, 1.807) is 32.9 Å². The number of anilines is 1. The zero-order valence-corrected chi connectivity index (χ0v) is 15.3. The fourth-order valence-electron chi connectivity index (χ4n) is 2.60. The molecule has 0 saturated carbocycles. The van der Waals surface area contributed by atoms with E-state index in [0.29, 0.717) is 17.1 Å². The zero-order chi connectivity index (χ0) is 19.4. The molecule has 140 valence electrons. The molecule has 1 atom stereocenters. The van der Waals surface area contributed by atoms with Crippen molar-refractivity contribution >= 4 is 17.5 Å². The Morgan fingerprint density at radius 1 is 1.04 bits per heavy atom. The third-order valence-electron chi connectivity index (χ3n) is 3.84. The maximum Gasteiger partial charge on any atom is 0.296 e. The molecule has 3 aromatic rings. The smallest absolute Gasteiger partial charge is 0.296 e. The summed E-state index contributed by atoms with van der Waals surface area (Å²) in [5.41, 5.74) is 1.93. The highest BCUT2D eigenvalue weighted by Gasteiger charge is 2.24. The van der Waals surface area contributed by atoms with Gasteiger partial charge < -0.3 is 19.3 Å². The molecule has 0 aliphatic carbocycles. The number of benzene rings is 1. The number of aryl methyl sites for hydroxylation is 2. The van der Waals surface area contributed by atoms with Gasteiger partial charge in [-0.25, -0.2) is 0 Å². The summed E-state index contributed by atoms with van der Waals surface area (Å²) >= 11 is 0. The van der Waals surface area contributed by atoms with Gasteiger partial charge in [0.1, 0.15) is 0 Å². The minimum Gasteiger partial charge on any atom is -0.351 e. The van der Waals surface area contributed by atoms with Crippen molar-refractivity contribution in [3.05, 3.63) is 65.4 Å². The van der Waals surface area contributed by atoms with Crippen LogP contribution in [0.3, 0.4) is 0 Å². The normalized spacial score (nSPS) is 11.8. The summed E-state index contributed by atoms with van der Waals surface area (Å²) in [6.07, 6.45) is 0. The third-order valence-corrected chi connectivity index (χ3v) is 3.84. The summed E-state index contributed by atoms with van der Waals surface area (Å²) < 4.78 is 10.1. The molecule has 8 heteroatoms. The van der Waals surface area contributed by atoms with E-state index >= 15 is 0 Å².